The second-order valence-electron chi connectivity index (χ2n) is 4.73. The molecule has 20 heavy (non-hydrogen) atoms. The molecule has 1 fully saturated rings. The number of benzene rings is 1. The number of carbonyl (C=O) groups excluding carboxylic acids is 1. The molecular formula is C13H14BrN5O. The number of tetrazole rings is 1. The third-order valence-electron chi connectivity index (χ3n) is 3.31. The molecule has 3 rings (SSSR count). The Balaban J connectivity index is 1.79. The number of rotatable bonds is 2. The van der Waals surface area contributed by atoms with Gasteiger partial charge in [0.15, 0.2) is 0 Å². The van der Waals surface area contributed by atoms with Crippen LogP contribution < -0.4 is 0 Å². The fraction of sp³-hybridized carbons (Fsp3) is 0.385. The van der Waals surface area contributed by atoms with Crippen LogP contribution in [-0.4, -0.2) is 44.1 Å². The van der Waals surface area contributed by atoms with Gasteiger partial charge in [0.2, 0.25) is 0 Å². The lowest BCUT2D eigenvalue weighted by Crippen LogP contribution is -2.36. The summed E-state index contributed by atoms with van der Waals surface area (Å²) in [7, 11) is 0. The number of halogens is 1. The quantitative estimate of drug-likeness (QED) is 0.842. The molecule has 2 aromatic rings. The summed E-state index contributed by atoms with van der Waals surface area (Å²) in [6, 6.07) is 7.51. The van der Waals surface area contributed by atoms with E-state index in [1.807, 2.05) is 24.3 Å². The van der Waals surface area contributed by atoms with E-state index in [1.165, 1.54) is 11.2 Å². The van der Waals surface area contributed by atoms with Crippen LogP contribution in [0, 0.1) is 0 Å². The van der Waals surface area contributed by atoms with E-state index >= 15 is 0 Å². The molecule has 1 aliphatic rings. The van der Waals surface area contributed by atoms with Crippen LogP contribution >= 0.6 is 15.9 Å². The molecule has 104 valence electrons. The number of nitrogens with zero attached hydrogens (tertiary/aromatic N) is 5. The minimum absolute atomic E-state index is 0.131. The zero-order valence-corrected chi connectivity index (χ0v) is 12.5. The van der Waals surface area contributed by atoms with E-state index in [9.17, 15) is 4.79 Å². The lowest BCUT2D eigenvalue weighted by molar-refractivity contribution is 0.0711. The van der Waals surface area contributed by atoms with Crippen molar-refractivity contribution in [1.82, 2.24) is 25.1 Å². The predicted octanol–water partition coefficient (Wildman–Crippen LogP) is 2.05. The van der Waals surface area contributed by atoms with Crippen molar-refractivity contribution < 1.29 is 4.79 Å². The maximum Gasteiger partial charge on any atom is 0.295 e. The van der Waals surface area contributed by atoms with Crippen LogP contribution in [0.5, 0.6) is 0 Å². The van der Waals surface area contributed by atoms with Gasteiger partial charge in [-0.15, -0.1) is 15.0 Å². The van der Waals surface area contributed by atoms with Crippen LogP contribution in [0.3, 0.4) is 0 Å². The van der Waals surface area contributed by atoms with Gasteiger partial charge in [0.25, 0.3) is 11.7 Å². The SMILES string of the molecule is O=C(c1nnn(-c2ccc(Br)cc2)n1)N1CCCCC1. The molecule has 2 heterocycles. The van der Waals surface area contributed by atoms with Crippen molar-refractivity contribution in [2.75, 3.05) is 13.1 Å². The minimum atomic E-state index is -0.131. The lowest BCUT2D eigenvalue weighted by Gasteiger charge is -2.25. The highest BCUT2D eigenvalue weighted by molar-refractivity contribution is 9.10. The number of amides is 1. The van der Waals surface area contributed by atoms with Crippen LogP contribution in [0.15, 0.2) is 28.7 Å². The van der Waals surface area contributed by atoms with Gasteiger partial charge in [-0.25, -0.2) is 0 Å². The molecule has 1 aromatic carbocycles. The fourth-order valence-corrected chi connectivity index (χ4v) is 2.49. The van der Waals surface area contributed by atoms with E-state index in [0.29, 0.717) is 0 Å². The summed E-state index contributed by atoms with van der Waals surface area (Å²) in [5.74, 6) is 0.0304. The Kier molecular flexibility index (Phi) is 3.77. The molecule has 1 aliphatic heterocycles. The van der Waals surface area contributed by atoms with Gasteiger partial charge in [0.05, 0.1) is 5.69 Å². The number of hydrogen-bond acceptors (Lipinski definition) is 4. The van der Waals surface area contributed by atoms with Crippen LogP contribution in [0.2, 0.25) is 0 Å². The summed E-state index contributed by atoms with van der Waals surface area (Å²) < 4.78 is 0.978. The molecule has 0 unspecified atom stereocenters. The van der Waals surface area contributed by atoms with Gasteiger partial charge in [-0.1, -0.05) is 15.9 Å². The maximum atomic E-state index is 12.2. The van der Waals surface area contributed by atoms with Crippen molar-refractivity contribution in [2.45, 2.75) is 19.3 Å². The van der Waals surface area contributed by atoms with E-state index in [1.54, 1.807) is 4.90 Å². The van der Waals surface area contributed by atoms with Crippen LogP contribution in [0.1, 0.15) is 29.9 Å². The first kappa shape index (κ1) is 13.2. The predicted molar refractivity (Wildman–Crippen MR) is 76.6 cm³/mol. The third-order valence-corrected chi connectivity index (χ3v) is 3.83. The summed E-state index contributed by atoms with van der Waals surface area (Å²) in [5.41, 5.74) is 0.776. The minimum Gasteiger partial charge on any atom is -0.336 e. The van der Waals surface area contributed by atoms with Gasteiger partial charge in [0, 0.05) is 17.6 Å². The highest BCUT2D eigenvalue weighted by atomic mass is 79.9. The van der Waals surface area contributed by atoms with Crippen molar-refractivity contribution in [3.63, 3.8) is 0 Å². The van der Waals surface area contributed by atoms with E-state index < -0.39 is 0 Å². The maximum absolute atomic E-state index is 12.2. The first-order chi connectivity index (χ1) is 9.74. The average molecular weight is 336 g/mol. The molecule has 0 atom stereocenters. The van der Waals surface area contributed by atoms with Crippen LogP contribution in [0.25, 0.3) is 5.69 Å². The van der Waals surface area contributed by atoms with E-state index in [0.717, 1.165) is 36.1 Å². The molecule has 6 nitrogen and oxygen atoms in total. The second kappa shape index (κ2) is 5.70. The van der Waals surface area contributed by atoms with Crippen molar-refractivity contribution in [1.29, 1.82) is 0 Å². The summed E-state index contributed by atoms with van der Waals surface area (Å²) in [6.45, 7) is 1.57. The number of carbonyl (C=O) groups is 1. The standard InChI is InChI=1S/C13H14BrN5O/c14-10-4-6-11(7-5-10)19-16-12(15-17-19)13(20)18-8-2-1-3-9-18/h4-7H,1-3,8-9H2. The summed E-state index contributed by atoms with van der Waals surface area (Å²) in [6.07, 6.45) is 3.28. The van der Waals surface area contributed by atoms with Crippen LogP contribution in [-0.2, 0) is 0 Å². The van der Waals surface area contributed by atoms with Gasteiger partial charge in [-0.05, 0) is 48.7 Å². The largest absolute Gasteiger partial charge is 0.336 e. The molecule has 0 aliphatic carbocycles. The Bertz CT molecular complexity index is 603. The van der Waals surface area contributed by atoms with E-state index in [4.69, 9.17) is 0 Å². The van der Waals surface area contributed by atoms with E-state index in [2.05, 4.69) is 31.3 Å². The fourth-order valence-electron chi connectivity index (χ4n) is 2.22. The number of aromatic nitrogens is 4. The third kappa shape index (κ3) is 2.72. The zero-order chi connectivity index (χ0) is 13.9. The first-order valence-electron chi connectivity index (χ1n) is 6.59. The summed E-state index contributed by atoms with van der Waals surface area (Å²) in [5, 5.41) is 12.0. The molecule has 0 N–H and O–H groups in total. The summed E-state index contributed by atoms with van der Waals surface area (Å²) >= 11 is 3.37. The Morgan fingerprint density at radius 2 is 1.80 bits per heavy atom. The molecule has 7 heteroatoms. The first-order valence-corrected chi connectivity index (χ1v) is 7.38. The number of piperidine rings is 1. The molecule has 0 bridgehead atoms. The Morgan fingerprint density at radius 3 is 2.50 bits per heavy atom. The lowest BCUT2D eigenvalue weighted by atomic mass is 10.1. The van der Waals surface area contributed by atoms with Crippen molar-refractivity contribution >= 4 is 21.8 Å². The smallest absolute Gasteiger partial charge is 0.295 e. The van der Waals surface area contributed by atoms with Gasteiger partial charge in [-0.3, -0.25) is 4.79 Å². The molecule has 1 saturated heterocycles. The number of likely N-dealkylation sites (tertiary alicyclic amines) is 1. The number of hydrogen-bond donors (Lipinski definition) is 0. The topological polar surface area (TPSA) is 63.9 Å². The van der Waals surface area contributed by atoms with Gasteiger partial charge in [-0.2, -0.15) is 0 Å². The van der Waals surface area contributed by atoms with Gasteiger partial charge in [0.1, 0.15) is 0 Å². The van der Waals surface area contributed by atoms with Crippen molar-refractivity contribution in [3.05, 3.63) is 34.6 Å². The molecule has 1 amide bonds. The average Bonchev–Trinajstić information content (AvgIpc) is 2.98. The van der Waals surface area contributed by atoms with Gasteiger partial charge < -0.3 is 4.90 Å². The normalized spacial score (nSPS) is 15.3. The highest BCUT2D eigenvalue weighted by Crippen LogP contribution is 2.13. The van der Waals surface area contributed by atoms with Gasteiger partial charge >= 0.3 is 0 Å². The monoisotopic (exact) mass is 335 g/mol. The molecular weight excluding hydrogens is 322 g/mol. The van der Waals surface area contributed by atoms with Crippen LogP contribution in [0.4, 0.5) is 0 Å². The summed E-state index contributed by atoms with van der Waals surface area (Å²) in [4.78, 5) is 15.4. The molecule has 0 saturated carbocycles. The Morgan fingerprint density at radius 1 is 1.10 bits per heavy atom. The highest BCUT2D eigenvalue weighted by Gasteiger charge is 2.22. The Labute approximate surface area is 124 Å². The molecule has 0 radical (unpaired) electrons. The molecule has 0 spiro atoms. The van der Waals surface area contributed by atoms with Crippen molar-refractivity contribution in [3.8, 4) is 5.69 Å². The van der Waals surface area contributed by atoms with E-state index in [-0.39, 0.29) is 11.7 Å². The Hall–Kier alpha value is -1.76. The zero-order valence-electron chi connectivity index (χ0n) is 10.9. The molecule has 1 aromatic heterocycles. The van der Waals surface area contributed by atoms with Crippen molar-refractivity contribution in [2.24, 2.45) is 0 Å². The second-order valence-corrected chi connectivity index (χ2v) is 5.65.